The van der Waals surface area contributed by atoms with E-state index in [1.165, 1.54) is 11.6 Å². The van der Waals surface area contributed by atoms with Crippen LogP contribution in [-0.4, -0.2) is 13.1 Å². The average molecular weight is 237 g/mol. The molecule has 0 saturated carbocycles. The van der Waals surface area contributed by atoms with Gasteiger partial charge in [0, 0.05) is 0 Å². The van der Waals surface area contributed by atoms with Gasteiger partial charge < -0.3 is 5.32 Å². The predicted molar refractivity (Wildman–Crippen MR) is 71.9 cm³/mol. The van der Waals surface area contributed by atoms with Crippen molar-refractivity contribution in [2.45, 2.75) is 46.0 Å². The molecule has 0 saturated heterocycles. The van der Waals surface area contributed by atoms with E-state index in [2.05, 4.69) is 33.0 Å². The van der Waals surface area contributed by atoms with E-state index in [4.69, 9.17) is 0 Å². The monoisotopic (exact) mass is 237 g/mol. The zero-order valence-corrected chi connectivity index (χ0v) is 11.4. The normalized spacial score (nSPS) is 11.8. The van der Waals surface area contributed by atoms with Crippen molar-refractivity contribution in [2.75, 3.05) is 13.1 Å². The second-order valence-electron chi connectivity index (χ2n) is 5.34. The van der Waals surface area contributed by atoms with Crippen molar-refractivity contribution in [1.29, 1.82) is 0 Å². The van der Waals surface area contributed by atoms with Crippen LogP contribution in [0.15, 0.2) is 18.2 Å². The molecule has 0 bridgehead atoms. The van der Waals surface area contributed by atoms with Crippen molar-refractivity contribution >= 4 is 0 Å². The summed E-state index contributed by atoms with van der Waals surface area (Å²) in [6.45, 7) is 10.6. The predicted octanol–water partition coefficient (Wildman–Crippen LogP) is 3.80. The number of hydrogen-bond donors (Lipinski definition) is 1. The van der Waals surface area contributed by atoms with Gasteiger partial charge in [-0.15, -0.1) is 0 Å². The maximum Gasteiger partial charge on any atom is 0.123 e. The van der Waals surface area contributed by atoms with Gasteiger partial charge in [0.25, 0.3) is 0 Å². The first-order valence-electron chi connectivity index (χ1n) is 6.44. The summed E-state index contributed by atoms with van der Waals surface area (Å²) in [4.78, 5) is 0. The third-order valence-corrected chi connectivity index (χ3v) is 3.28. The molecule has 96 valence electrons. The second kappa shape index (κ2) is 6.15. The summed E-state index contributed by atoms with van der Waals surface area (Å²) >= 11 is 0. The highest BCUT2D eigenvalue weighted by Crippen LogP contribution is 2.29. The van der Waals surface area contributed by atoms with Crippen LogP contribution in [0.25, 0.3) is 0 Å². The van der Waals surface area contributed by atoms with Crippen molar-refractivity contribution in [3.63, 3.8) is 0 Å². The first-order valence-corrected chi connectivity index (χ1v) is 6.44. The lowest BCUT2D eigenvalue weighted by molar-refractivity contribution is 0.452. The third kappa shape index (κ3) is 4.12. The highest BCUT2D eigenvalue weighted by molar-refractivity contribution is 5.32. The van der Waals surface area contributed by atoms with Gasteiger partial charge in [-0.2, -0.15) is 0 Å². The minimum absolute atomic E-state index is 0.0208. The van der Waals surface area contributed by atoms with Gasteiger partial charge in [0.1, 0.15) is 5.82 Å². The number of hydrogen-bond acceptors (Lipinski definition) is 1. The second-order valence-corrected chi connectivity index (χ2v) is 5.34. The number of halogens is 1. The summed E-state index contributed by atoms with van der Waals surface area (Å²) in [5.41, 5.74) is 2.31. The molecule has 0 aliphatic heterocycles. The molecule has 0 amide bonds. The lowest BCUT2D eigenvalue weighted by Gasteiger charge is -2.27. The summed E-state index contributed by atoms with van der Waals surface area (Å²) in [6.07, 6.45) is 2.18. The van der Waals surface area contributed by atoms with E-state index in [9.17, 15) is 4.39 Å². The summed E-state index contributed by atoms with van der Waals surface area (Å²) in [6, 6.07) is 5.07. The molecule has 0 aromatic heterocycles. The van der Waals surface area contributed by atoms with Gasteiger partial charge in [-0.3, -0.25) is 0 Å². The Morgan fingerprint density at radius 2 is 1.94 bits per heavy atom. The minimum Gasteiger partial charge on any atom is -0.317 e. The van der Waals surface area contributed by atoms with Crippen LogP contribution in [0.3, 0.4) is 0 Å². The quantitative estimate of drug-likeness (QED) is 0.742. The summed E-state index contributed by atoms with van der Waals surface area (Å²) in [5, 5.41) is 3.40. The van der Waals surface area contributed by atoms with Crippen molar-refractivity contribution in [1.82, 2.24) is 5.32 Å². The lowest BCUT2D eigenvalue weighted by atomic mass is 9.79. The van der Waals surface area contributed by atoms with Gasteiger partial charge in [0.2, 0.25) is 0 Å². The summed E-state index contributed by atoms with van der Waals surface area (Å²) in [7, 11) is 0. The third-order valence-electron chi connectivity index (χ3n) is 3.28. The number of benzene rings is 1. The number of nitrogens with one attached hydrogen (secondary N) is 1. The maximum atomic E-state index is 13.3. The summed E-state index contributed by atoms with van der Waals surface area (Å²) < 4.78 is 13.3. The Kier molecular flexibility index (Phi) is 5.13. The Bertz CT molecular complexity index is 358. The first-order chi connectivity index (χ1) is 7.97. The molecule has 1 rings (SSSR count). The first kappa shape index (κ1) is 14.2. The molecule has 0 radical (unpaired) electrons. The Balaban J connectivity index is 2.71. The van der Waals surface area contributed by atoms with Crippen LogP contribution in [-0.2, 0) is 5.41 Å². The molecule has 2 heteroatoms. The van der Waals surface area contributed by atoms with Crippen LogP contribution < -0.4 is 5.32 Å². The molecule has 0 atom stereocenters. The van der Waals surface area contributed by atoms with Crippen molar-refractivity contribution in [2.24, 2.45) is 0 Å². The van der Waals surface area contributed by atoms with Crippen LogP contribution in [0.2, 0.25) is 0 Å². The molecular formula is C15H24FN. The zero-order chi connectivity index (χ0) is 12.9. The molecule has 0 spiro atoms. The Labute approximate surface area is 104 Å². The lowest BCUT2D eigenvalue weighted by Crippen LogP contribution is -2.26. The van der Waals surface area contributed by atoms with Crippen LogP contribution in [0.1, 0.15) is 44.7 Å². The molecule has 0 aliphatic rings. The highest BCUT2D eigenvalue weighted by atomic mass is 19.1. The molecule has 0 fully saturated rings. The summed E-state index contributed by atoms with van der Waals surface area (Å²) in [5.74, 6) is -0.139. The van der Waals surface area contributed by atoms with Crippen LogP contribution in [0, 0.1) is 12.7 Å². The Morgan fingerprint density at radius 1 is 1.24 bits per heavy atom. The van der Waals surface area contributed by atoms with Gasteiger partial charge in [-0.25, -0.2) is 4.39 Å². The van der Waals surface area contributed by atoms with Gasteiger partial charge in [-0.1, -0.05) is 26.8 Å². The van der Waals surface area contributed by atoms with Crippen molar-refractivity contribution in [3.05, 3.63) is 35.1 Å². The average Bonchev–Trinajstić information content (AvgIpc) is 2.28. The van der Waals surface area contributed by atoms with E-state index in [1.54, 1.807) is 6.07 Å². The molecule has 1 N–H and O–H groups in total. The van der Waals surface area contributed by atoms with Crippen LogP contribution in [0.5, 0.6) is 0 Å². The van der Waals surface area contributed by atoms with Gasteiger partial charge >= 0.3 is 0 Å². The minimum atomic E-state index is -0.139. The smallest absolute Gasteiger partial charge is 0.123 e. The van der Waals surface area contributed by atoms with E-state index in [0.29, 0.717) is 0 Å². The Hall–Kier alpha value is -0.890. The topological polar surface area (TPSA) is 12.0 Å². The van der Waals surface area contributed by atoms with Gasteiger partial charge in [-0.05, 0) is 61.5 Å². The molecule has 1 aromatic rings. The molecule has 0 unspecified atom stereocenters. The molecule has 1 aromatic carbocycles. The van der Waals surface area contributed by atoms with Crippen molar-refractivity contribution < 1.29 is 4.39 Å². The largest absolute Gasteiger partial charge is 0.317 e. The molecule has 17 heavy (non-hydrogen) atoms. The van der Waals surface area contributed by atoms with E-state index in [-0.39, 0.29) is 11.2 Å². The molecular weight excluding hydrogens is 213 g/mol. The SMILES string of the molecule is CCCNCCC(C)(C)c1cc(F)ccc1C. The fourth-order valence-corrected chi connectivity index (χ4v) is 2.16. The molecule has 0 aliphatic carbocycles. The van der Waals surface area contributed by atoms with E-state index in [1.807, 2.05) is 6.07 Å². The highest BCUT2D eigenvalue weighted by Gasteiger charge is 2.22. The number of aryl methyl sites for hydroxylation is 1. The Morgan fingerprint density at radius 3 is 2.59 bits per heavy atom. The molecule has 0 heterocycles. The standard InChI is InChI=1S/C15H24FN/c1-5-9-17-10-8-15(3,4)14-11-13(16)7-6-12(14)2/h6-7,11,17H,5,8-10H2,1-4H3. The van der Waals surface area contributed by atoms with Crippen LogP contribution in [0.4, 0.5) is 4.39 Å². The van der Waals surface area contributed by atoms with Crippen LogP contribution >= 0.6 is 0 Å². The fourth-order valence-electron chi connectivity index (χ4n) is 2.16. The van der Waals surface area contributed by atoms with E-state index >= 15 is 0 Å². The molecule has 1 nitrogen and oxygen atoms in total. The van der Waals surface area contributed by atoms with E-state index < -0.39 is 0 Å². The zero-order valence-electron chi connectivity index (χ0n) is 11.4. The number of rotatable bonds is 6. The van der Waals surface area contributed by atoms with Crippen molar-refractivity contribution in [3.8, 4) is 0 Å². The maximum absolute atomic E-state index is 13.3. The van der Waals surface area contributed by atoms with Gasteiger partial charge in [0.05, 0.1) is 0 Å². The van der Waals surface area contributed by atoms with Gasteiger partial charge in [0.15, 0.2) is 0 Å². The van der Waals surface area contributed by atoms with E-state index in [0.717, 1.165) is 31.5 Å². The fraction of sp³-hybridized carbons (Fsp3) is 0.600.